The van der Waals surface area contributed by atoms with Gasteiger partial charge in [0.1, 0.15) is 11.0 Å². The number of aromatic nitrogens is 3. The van der Waals surface area contributed by atoms with Crippen molar-refractivity contribution in [1.82, 2.24) is 13.3 Å². The molecule has 0 aliphatic heterocycles. The van der Waals surface area contributed by atoms with E-state index in [1.54, 1.807) is 0 Å². The maximum Gasteiger partial charge on any atom is 0.416 e. The fourth-order valence-corrected chi connectivity index (χ4v) is 13.4. The summed E-state index contributed by atoms with van der Waals surface area (Å²) >= 11 is 1.16. The van der Waals surface area contributed by atoms with Crippen LogP contribution in [0.3, 0.4) is 0 Å². The van der Waals surface area contributed by atoms with Crippen LogP contribution in [0.1, 0.15) is 33.4 Å². The summed E-state index contributed by atoms with van der Waals surface area (Å²) in [6.07, 6.45) is -8.96. The molecule has 86 heavy (non-hydrogen) atoms. The second kappa shape index (κ2) is 20.5. The zero-order valence-corrected chi connectivity index (χ0v) is 46.3. The van der Waals surface area contributed by atoms with Crippen LogP contribution < -0.4 is 4.90 Å². The molecule has 14 aromatic rings. The highest BCUT2D eigenvalue weighted by Gasteiger charge is 2.46. The van der Waals surface area contributed by atoms with Crippen LogP contribution in [0.25, 0.3) is 94.2 Å². The highest BCUT2D eigenvalue weighted by atomic mass is 32.1. The Morgan fingerprint density at radius 1 is 0.349 bits per heavy atom. The maximum absolute atomic E-state index is 13.6. The molecule has 2 heterocycles. The van der Waals surface area contributed by atoms with Gasteiger partial charge in [-0.2, -0.15) is 35.1 Å². The summed E-state index contributed by atoms with van der Waals surface area (Å²) in [5.74, 6) is 0. The fraction of sp³-hybridized carbons (Fsp3) is 0.0400. The van der Waals surface area contributed by atoms with Crippen molar-refractivity contribution in [2.75, 3.05) is 4.90 Å². The van der Waals surface area contributed by atoms with Crippen molar-refractivity contribution in [2.24, 2.45) is 0 Å². The molecule has 1 aliphatic rings. The molecular weight excluding hydrogens is 1100 g/mol. The van der Waals surface area contributed by atoms with Crippen molar-refractivity contribution in [1.29, 1.82) is 0 Å². The largest absolute Gasteiger partial charge is 0.416 e. The van der Waals surface area contributed by atoms with Crippen LogP contribution in [0.4, 0.5) is 43.4 Å². The van der Waals surface area contributed by atoms with Gasteiger partial charge in [-0.05, 0) is 175 Å². The van der Waals surface area contributed by atoms with Crippen molar-refractivity contribution >= 4 is 61.6 Å². The van der Waals surface area contributed by atoms with Gasteiger partial charge >= 0.3 is 12.4 Å². The zero-order chi connectivity index (χ0) is 58.3. The summed E-state index contributed by atoms with van der Waals surface area (Å²) in [5, 5.41) is 1.64. The monoisotopic (exact) mass is 1150 g/mol. The normalized spacial score (nSPS) is 12.9. The summed E-state index contributed by atoms with van der Waals surface area (Å²) in [6.45, 7) is 0. The number of hydrogen-bond acceptors (Lipinski definition) is 4. The van der Waals surface area contributed by atoms with Gasteiger partial charge in [-0.15, -0.1) is 0 Å². The number of para-hydroxylation sites is 1. The fourth-order valence-electron chi connectivity index (χ4n) is 12.9. The van der Waals surface area contributed by atoms with Crippen LogP contribution in [0.2, 0.25) is 0 Å². The first-order chi connectivity index (χ1) is 41.9. The van der Waals surface area contributed by atoms with E-state index in [0.717, 1.165) is 114 Å². The summed E-state index contributed by atoms with van der Waals surface area (Å²) < 4.78 is 93.5. The number of benzene rings is 12. The molecule has 4 nitrogen and oxygen atoms in total. The van der Waals surface area contributed by atoms with Gasteiger partial charge in [0.25, 0.3) is 0 Å². The Morgan fingerprint density at radius 2 is 0.802 bits per heavy atom. The molecule has 1 aliphatic carbocycles. The predicted molar refractivity (Wildman–Crippen MR) is 335 cm³/mol. The molecule has 2 aromatic heterocycles. The van der Waals surface area contributed by atoms with E-state index in [1.807, 2.05) is 66.7 Å². The second-order valence-corrected chi connectivity index (χ2v) is 22.1. The number of alkyl halides is 6. The first-order valence-corrected chi connectivity index (χ1v) is 28.7. The minimum atomic E-state index is -4.48. The predicted octanol–water partition coefficient (Wildman–Crippen LogP) is 21.3. The van der Waals surface area contributed by atoms with Gasteiger partial charge in [0.15, 0.2) is 0 Å². The highest BCUT2D eigenvalue weighted by molar-refractivity contribution is 7.00. The van der Waals surface area contributed by atoms with Crippen molar-refractivity contribution in [3.63, 3.8) is 0 Å². The topological polar surface area (TPSA) is 34.0 Å². The van der Waals surface area contributed by atoms with Gasteiger partial charge < -0.3 is 9.47 Å². The van der Waals surface area contributed by atoms with Crippen LogP contribution in [-0.4, -0.2) is 13.3 Å². The number of halogens is 6. The quantitative estimate of drug-likeness (QED) is 0.128. The zero-order valence-electron chi connectivity index (χ0n) is 45.5. The lowest BCUT2D eigenvalue weighted by Gasteiger charge is -2.34. The molecule has 0 fully saturated rings. The molecule has 0 unspecified atom stereocenters. The summed E-state index contributed by atoms with van der Waals surface area (Å²) in [6, 6.07) is 90.5. The van der Waals surface area contributed by atoms with E-state index < -0.39 is 28.9 Å². The van der Waals surface area contributed by atoms with E-state index in [0.29, 0.717) is 22.3 Å². The molecule has 0 bridgehead atoms. The number of nitrogens with zero attached hydrogens (tertiary/aromatic N) is 4. The lowest BCUT2D eigenvalue weighted by atomic mass is 9.67. The van der Waals surface area contributed by atoms with Crippen molar-refractivity contribution in [3.05, 3.63) is 312 Å². The number of anilines is 3. The van der Waals surface area contributed by atoms with Crippen LogP contribution in [-0.2, 0) is 17.8 Å². The number of rotatable bonds is 10. The molecule has 0 atom stereocenters. The molecular formula is C75H46F6N4S. The van der Waals surface area contributed by atoms with Crippen molar-refractivity contribution < 1.29 is 26.3 Å². The molecule has 0 saturated carbocycles. The Kier molecular flexibility index (Phi) is 12.5. The molecule has 414 valence electrons. The Morgan fingerprint density at radius 3 is 1.36 bits per heavy atom. The lowest BCUT2D eigenvalue weighted by molar-refractivity contribution is -0.138. The van der Waals surface area contributed by atoms with Crippen molar-refractivity contribution in [2.45, 2.75) is 17.8 Å². The third-order valence-electron chi connectivity index (χ3n) is 16.9. The summed E-state index contributed by atoms with van der Waals surface area (Å²) in [5.41, 5.74) is 18.9. The standard InChI is InChI=1S/C75H46F6N4S/c76-74(77,78)55-32-22-47(23-33-55)52-30-41-68-64(45-52)65-46-53(48-24-34-56(35-25-48)75(79,80)81)31-42-69(65)85(68)60-38-28-50(29-39-60)61-40-43-70(72-71(61)82-86-83-72)84(58-16-5-2-6-17-58)59-36-26-49(27-37-59)51-12-11-15-57(44-51)73(54-13-3-1-4-14-54)66-20-9-7-18-62(66)63-19-8-10-21-67(63)73/h1-46H. The average Bonchev–Trinajstić information content (AvgIpc) is 1.68. The lowest BCUT2D eigenvalue weighted by Crippen LogP contribution is -2.28. The van der Waals surface area contributed by atoms with E-state index in [2.05, 4.69) is 173 Å². The molecule has 0 saturated heterocycles. The molecule has 0 radical (unpaired) electrons. The van der Waals surface area contributed by atoms with Gasteiger partial charge in [0.05, 0.1) is 45.0 Å². The third-order valence-corrected chi connectivity index (χ3v) is 17.4. The van der Waals surface area contributed by atoms with E-state index in [1.165, 1.54) is 57.6 Å². The first-order valence-electron chi connectivity index (χ1n) is 28.0. The molecule has 0 amide bonds. The first kappa shape index (κ1) is 52.4. The van der Waals surface area contributed by atoms with E-state index in [-0.39, 0.29) is 0 Å². The second-order valence-electron chi connectivity index (χ2n) is 21.6. The van der Waals surface area contributed by atoms with Gasteiger partial charge in [0.2, 0.25) is 0 Å². The summed E-state index contributed by atoms with van der Waals surface area (Å²) in [4.78, 5) is 2.22. The Hall–Kier alpha value is -10.4. The Labute approximate surface area is 495 Å². The minimum absolute atomic E-state index is 0.519. The number of fused-ring (bicyclic) bond motifs is 7. The molecule has 12 aromatic carbocycles. The Balaban J connectivity index is 0.781. The summed E-state index contributed by atoms with van der Waals surface area (Å²) in [7, 11) is 0. The smallest absolute Gasteiger partial charge is 0.309 e. The SMILES string of the molecule is FC(F)(F)c1ccc(-c2ccc3c(c2)c2cc(-c4ccc(C(F)(F)F)cc4)ccc2n3-c2ccc(-c3ccc(N(c4ccccc4)c4ccc(-c5cccc(C6(c7ccccc7)c7ccccc7-c7ccccc76)c5)cc4)c4nsnc34)cc2)cc1. The van der Waals surface area contributed by atoms with E-state index in [9.17, 15) is 26.3 Å². The van der Waals surface area contributed by atoms with Crippen LogP contribution in [0, 0.1) is 0 Å². The Bertz CT molecular complexity index is 4720. The molecule has 0 N–H and O–H groups in total. The van der Waals surface area contributed by atoms with Crippen LogP contribution in [0.5, 0.6) is 0 Å². The third kappa shape index (κ3) is 8.76. The minimum Gasteiger partial charge on any atom is -0.309 e. The van der Waals surface area contributed by atoms with Gasteiger partial charge in [0, 0.05) is 33.4 Å². The van der Waals surface area contributed by atoms with Gasteiger partial charge in [-0.3, -0.25) is 0 Å². The highest BCUT2D eigenvalue weighted by Crippen LogP contribution is 2.56. The van der Waals surface area contributed by atoms with Crippen LogP contribution >= 0.6 is 11.7 Å². The molecule has 15 rings (SSSR count). The molecule has 0 spiro atoms. The molecule has 11 heteroatoms. The van der Waals surface area contributed by atoms with Crippen molar-refractivity contribution in [3.8, 4) is 61.3 Å². The number of hydrogen-bond donors (Lipinski definition) is 0. The van der Waals surface area contributed by atoms with E-state index in [4.69, 9.17) is 8.75 Å². The van der Waals surface area contributed by atoms with Crippen LogP contribution in [0.15, 0.2) is 279 Å². The average molecular weight is 1150 g/mol. The van der Waals surface area contributed by atoms with Gasteiger partial charge in [-0.25, -0.2) is 0 Å². The maximum atomic E-state index is 13.6. The van der Waals surface area contributed by atoms with Gasteiger partial charge in [-0.1, -0.05) is 176 Å². The van der Waals surface area contributed by atoms with E-state index >= 15 is 0 Å².